The zero-order chi connectivity index (χ0) is 17.9. The van der Waals surface area contributed by atoms with Gasteiger partial charge in [-0.3, -0.25) is 20.1 Å². The lowest BCUT2D eigenvalue weighted by atomic mass is 10.1. The van der Waals surface area contributed by atoms with Gasteiger partial charge in [-0.15, -0.1) is 11.3 Å². The van der Waals surface area contributed by atoms with Crippen molar-refractivity contribution in [2.75, 3.05) is 7.05 Å². The highest BCUT2D eigenvalue weighted by Gasteiger charge is 2.24. The highest BCUT2D eigenvalue weighted by molar-refractivity contribution is 8.18. The molecule has 1 fully saturated rings. The fraction of sp³-hybridized carbons (Fsp3) is 0.105. The Bertz CT molecular complexity index is 1010. The van der Waals surface area contributed by atoms with Crippen molar-refractivity contribution < 1.29 is 4.79 Å². The highest BCUT2D eigenvalue weighted by atomic mass is 32.2. The molecule has 130 valence electrons. The average Bonchev–Trinajstić information content (AvgIpc) is 3.25. The Morgan fingerprint density at radius 3 is 3.04 bits per heavy atom. The smallest absolute Gasteiger partial charge is 0.264 e. The molecule has 1 saturated heterocycles. The number of fused-ring (bicyclic) bond motifs is 1. The van der Waals surface area contributed by atoms with E-state index in [0.717, 1.165) is 16.5 Å². The van der Waals surface area contributed by atoms with Gasteiger partial charge in [0, 0.05) is 23.5 Å². The van der Waals surface area contributed by atoms with E-state index >= 15 is 0 Å². The summed E-state index contributed by atoms with van der Waals surface area (Å²) in [7, 11) is 1.90. The SMILES string of the molecule is CN(Cc1cccs1)/N=C1\NC(=O)/C(=C/c2ccc3ncccc3c2)S1. The molecule has 3 heterocycles. The molecule has 0 bridgehead atoms. The first kappa shape index (κ1) is 16.8. The largest absolute Gasteiger partial charge is 0.299 e. The Morgan fingerprint density at radius 1 is 1.27 bits per heavy atom. The zero-order valence-electron chi connectivity index (χ0n) is 14.0. The van der Waals surface area contributed by atoms with Crippen LogP contribution in [-0.2, 0) is 11.3 Å². The fourth-order valence-corrected chi connectivity index (χ4v) is 4.25. The molecule has 1 aromatic carbocycles. The van der Waals surface area contributed by atoms with Crippen LogP contribution in [0.4, 0.5) is 0 Å². The Hall–Kier alpha value is -2.64. The summed E-state index contributed by atoms with van der Waals surface area (Å²) in [6.07, 6.45) is 3.66. The fourth-order valence-electron chi connectivity index (χ4n) is 2.63. The molecule has 5 nitrogen and oxygen atoms in total. The third-order valence-corrected chi connectivity index (χ3v) is 5.56. The predicted molar refractivity (Wildman–Crippen MR) is 109 cm³/mol. The van der Waals surface area contributed by atoms with E-state index in [-0.39, 0.29) is 5.91 Å². The van der Waals surface area contributed by atoms with Crippen molar-refractivity contribution in [1.29, 1.82) is 0 Å². The number of thiophene rings is 1. The van der Waals surface area contributed by atoms with Crippen LogP contribution in [0.3, 0.4) is 0 Å². The molecule has 7 heteroatoms. The number of hydrogen-bond acceptors (Lipinski definition) is 6. The summed E-state index contributed by atoms with van der Waals surface area (Å²) in [5.41, 5.74) is 1.91. The minimum atomic E-state index is -0.121. The van der Waals surface area contributed by atoms with Gasteiger partial charge in [0.2, 0.25) is 0 Å². The van der Waals surface area contributed by atoms with E-state index in [4.69, 9.17) is 0 Å². The normalized spacial score (nSPS) is 17.2. The van der Waals surface area contributed by atoms with Crippen molar-refractivity contribution in [3.8, 4) is 0 Å². The van der Waals surface area contributed by atoms with E-state index in [2.05, 4.69) is 21.5 Å². The van der Waals surface area contributed by atoms with Gasteiger partial charge in [0.1, 0.15) is 0 Å². The molecule has 0 unspecified atom stereocenters. The number of hydrazone groups is 1. The molecule has 0 aliphatic carbocycles. The van der Waals surface area contributed by atoms with Crippen LogP contribution in [0.2, 0.25) is 0 Å². The summed E-state index contributed by atoms with van der Waals surface area (Å²) in [5, 5.41) is 12.8. The van der Waals surface area contributed by atoms with E-state index in [0.29, 0.717) is 16.6 Å². The number of nitrogens with zero attached hydrogens (tertiary/aromatic N) is 3. The number of thioether (sulfide) groups is 1. The van der Waals surface area contributed by atoms with Gasteiger partial charge < -0.3 is 0 Å². The monoisotopic (exact) mass is 380 g/mol. The molecule has 1 aliphatic heterocycles. The molecular formula is C19H16N4OS2. The van der Waals surface area contributed by atoms with Crippen molar-refractivity contribution in [2.45, 2.75) is 6.54 Å². The third-order valence-electron chi connectivity index (χ3n) is 3.80. The minimum absolute atomic E-state index is 0.121. The molecule has 0 atom stereocenters. The lowest BCUT2D eigenvalue weighted by Gasteiger charge is -2.11. The van der Waals surface area contributed by atoms with Gasteiger partial charge in [-0.2, -0.15) is 5.10 Å². The van der Waals surface area contributed by atoms with Crippen LogP contribution in [0, 0.1) is 0 Å². The second-order valence-corrected chi connectivity index (χ2v) is 7.88. The van der Waals surface area contributed by atoms with Gasteiger partial charge >= 0.3 is 0 Å². The number of amides is 1. The molecule has 1 N–H and O–H groups in total. The first-order valence-corrected chi connectivity index (χ1v) is 9.75. The number of benzene rings is 1. The highest BCUT2D eigenvalue weighted by Crippen LogP contribution is 2.27. The zero-order valence-corrected chi connectivity index (χ0v) is 15.7. The lowest BCUT2D eigenvalue weighted by Crippen LogP contribution is -2.23. The molecule has 0 radical (unpaired) electrons. The number of carbonyl (C=O) groups is 1. The molecule has 3 aromatic rings. The van der Waals surface area contributed by atoms with Crippen molar-refractivity contribution in [2.24, 2.45) is 5.10 Å². The summed E-state index contributed by atoms with van der Waals surface area (Å²) < 4.78 is 0. The number of amidine groups is 1. The van der Waals surface area contributed by atoms with Crippen molar-refractivity contribution in [3.05, 3.63) is 69.4 Å². The number of pyridine rings is 1. The van der Waals surface area contributed by atoms with Crippen LogP contribution in [0.5, 0.6) is 0 Å². The van der Waals surface area contributed by atoms with Crippen LogP contribution in [-0.4, -0.2) is 28.1 Å². The number of aromatic nitrogens is 1. The molecule has 4 rings (SSSR count). The summed E-state index contributed by atoms with van der Waals surface area (Å²) in [4.78, 5) is 18.4. The summed E-state index contributed by atoms with van der Waals surface area (Å²) in [6.45, 7) is 0.717. The first-order chi connectivity index (χ1) is 12.7. The summed E-state index contributed by atoms with van der Waals surface area (Å²) >= 11 is 3.05. The molecule has 2 aromatic heterocycles. The van der Waals surface area contributed by atoms with E-state index in [1.807, 2.05) is 59.9 Å². The van der Waals surface area contributed by atoms with Crippen molar-refractivity contribution in [1.82, 2.24) is 15.3 Å². The predicted octanol–water partition coefficient (Wildman–Crippen LogP) is 3.90. The summed E-state index contributed by atoms with van der Waals surface area (Å²) in [6, 6.07) is 14.0. The molecule has 0 spiro atoms. The Morgan fingerprint density at radius 2 is 2.19 bits per heavy atom. The van der Waals surface area contributed by atoms with E-state index < -0.39 is 0 Å². The van der Waals surface area contributed by atoms with Gasteiger partial charge in [0.05, 0.1) is 17.0 Å². The van der Waals surface area contributed by atoms with Crippen molar-refractivity contribution in [3.63, 3.8) is 0 Å². The Labute approximate surface area is 159 Å². The number of rotatable bonds is 4. The molecular weight excluding hydrogens is 364 g/mol. The van der Waals surface area contributed by atoms with Gasteiger partial charge in [0.15, 0.2) is 5.17 Å². The van der Waals surface area contributed by atoms with Gasteiger partial charge in [0.25, 0.3) is 5.91 Å². The van der Waals surface area contributed by atoms with Crippen LogP contribution >= 0.6 is 23.1 Å². The van der Waals surface area contributed by atoms with E-state index in [1.165, 1.54) is 16.6 Å². The van der Waals surface area contributed by atoms with Gasteiger partial charge in [-0.25, -0.2) is 0 Å². The quantitative estimate of drug-likeness (QED) is 0.551. The van der Waals surface area contributed by atoms with Crippen LogP contribution < -0.4 is 5.32 Å². The van der Waals surface area contributed by atoms with E-state index in [9.17, 15) is 4.79 Å². The topological polar surface area (TPSA) is 57.6 Å². The maximum absolute atomic E-state index is 12.2. The second-order valence-electron chi connectivity index (χ2n) is 5.82. The summed E-state index contributed by atoms with van der Waals surface area (Å²) in [5.74, 6) is -0.121. The van der Waals surface area contributed by atoms with Gasteiger partial charge in [-0.1, -0.05) is 18.2 Å². The van der Waals surface area contributed by atoms with Crippen LogP contribution in [0.15, 0.2) is 64.0 Å². The molecule has 26 heavy (non-hydrogen) atoms. The average molecular weight is 380 g/mol. The minimum Gasteiger partial charge on any atom is -0.299 e. The van der Waals surface area contributed by atoms with E-state index in [1.54, 1.807) is 17.5 Å². The molecule has 0 saturated carbocycles. The second kappa shape index (κ2) is 7.31. The molecule has 1 amide bonds. The Balaban J connectivity index is 1.51. The third kappa shape index (κ3) is 3.79. The van der Waals surface area contributed by atoms with Crippen LogP contribution in [0.1, 0.15) is 10.4 Å². The molecule has 1 aliphatic rings. The maximum Gasteiger partial charge on any atom is 0.264 e. The van der Waals surface area contributed by atoms with Gasteiger partial charge in [-0.05, 0) is 53.0 Å². The van der Waals surface area contributed by atoms with Crippen LogP contribution in [0.25, 0.3) is 17.0 Å². The first-order valence-electron chi connectivity index (χ1n) is 8.05. The maximum atomic E-state index is 12.2. The lowest BCUT2D eigenvalue weighted by molar-refractivity contribution is -0.115. The van der Waals surface area contributed by atoms with Crippen molar-refractivity contribution >= 4 is 51.2 Å². The standard InChI is InChI=1S/C19H16N4OS2/c1-23(12-15-5-3-9-25-15)22-19-21-18(24)17(26-19)11-13-6-7-16-14(10-13)4-2-8-20-16/h2-11H,12H2,1H3,(H,21,22,24)/b17-11-. The number of carbonyl (C=O) groups excluding carboxylic acids is 1. The number of nitrogens with one attached hydrogen (secondary N) is 1. The number of hydrogen-bond donors (Lipinski definition) is 1. The Kier molecular flexibility index (Phi) is 4.73.